The number of nitrogens with one attached hydrogen (secondary N) is 2. The van der Waals surface area contributed by atoms with Crippen LogP contribution in [0.15, 0.2) is 6.33 Å². The highest BCUT2D eigenvalue weighted by atomic mass is 16.1. The molecule has 0 spiro atoms. The lowest BCUT2D eigenvalue weighted by molar-refractivity contribution is -0.123. The summed E-state index contributed by atoms with van der Waals surface area (Å²) in [5.41, 5.74) is 3.37. The van der Waals surface area contributed by atoms with E-state index in [1.54, 1.807) is 7.05 Å². The molecule has 7 nitrogen and oxygen atoms in total. The van der Waals surface area contributed by atoms with Gasteiger partial charge >= 0.3 is 0 Å². The van der Waals surface area contributed by atoms with Gasteiger partial charge in [-0.15, -0.1) is 0 Å². The number of hydrazine groups is 1. The second-order valence-electron chi connectivity index (χ2n) is 4.21. The number of rotatable bonds is 5. The lowest BCUT2D eigenvalue weighted by Gasteiger charge is -2.23. The number of hydrogen-bond acceptors (Lipinski definition) is 6. The molecule has 1 rings (SSSR count). The Kier molecular flexibility index (Phi) is 4.85. The maximum absolute atomic E-state index is 11.5. The first kappa shape index (κ1) is 14.2. The van der Waals surface area contributed by atoms with E-state index in [0.717, 1.165) is 11.4 Å². The van der Waals surface area contributed by atoms with Gasteiger partial charge < -0.3 is 15.6 Å². The zero-order valence-corrected chi connectivity index (χ0v) is 11.2. The van der Waals surface area contributed by atoms with Crippen LogP contribution in [0, 0.1) is 12.8 Å². The molecule has 1 aromatic rings. The smallest absolute Gasteiger partial charge is 0.224 e. The molecule has 0 aromatic carbocycles. The van der Waals surface area contributed by atoms with Crippen LogP contribution in [0.2, 0.25) is 0 Å². The summed E-state index contributed by atoms with van der Waals surface area (Å²) in [5, 5.41) is 2.63. The van der Waals surface area contributed by atoms with Crippen LogP contribution >= 0.6 is 0 Å². The molecule has 0 saturated heterocycles. The number of carbonyl (C=O) groups is 1. The van der Waals surface area contributed by atoms with Gasteiger partial charge in [0.1, 0.15) is 18.0 Å². The minimum absolute atomic E-state index is 0.00531. The Bertz CT molecular complexity index is 422. The van der Waals surface area contributed by atoms with Crippen LogP contribution < -0.4 is 21.5 Å². The Morgan fingerprint density at radius 1 is 1.56 bits per heavy atom. The molecule has 0 bridgehead atoms. The third-order valence-electron chi connectivity index (χ3n) is 2.80. The van der Waals surface area contributed by atoms with E-state index in [1.165, 1.54) is 6.33 Å². The molecular formula is C11H20N6O. The van der Waals surface area contributed by atoms with E-state index in [4.69, 9.17) is 5.84 Å². The summed E-state index contributed by atoms with van der Waals surface area (Å²) in [4.78, 5) is 21.6. The Balaban J connectivity index is 2.84. The minimum atomic E-state index is -0.122. The largest absolute Gasteiger partial charge is 0.359 e. The summed E-state index contributed by atoms with van der Waals surface area (Å²) in [6.45, 7) is 4.32. The molecule has 0 aliphatic heterocycles. The van der Waals surface area contributed by atoms with Gasteiger partial charge in [0.25, 0.3) is 0 Å². The lowest BCUT2D eigenvalue weighted by atomic mass is 10.1. The van der Waals surface area contributed by atoms with Crippen LogP contribution in [0.1, 0.15) is 12.5 Å². The zero-order chi connectivity index (χ0) is 13.7. The van der Waals surface area contributed by atoms with Gasteiger partial charge in [0.15, 0.2) is 0 Å². The predicted octanol–water partition coefficient (Wildman–Crippen LogP) is -0.111. The first-order valence-electron chi connectivity index (χ1n) is 5.72. The van der Waals surface area contributed by atoms with Crippen molar-refractivity contribution in [2.24, 2.45) is 11.8 Å². The molecule has 1 unspecified atom stereocenters. The fourth-order valence-electron chi connectivity index (χ4n) is 1.80. The summed E-state index contributed by atoms with van der Waals surface area (Å²) in [6.07, 6.45) is 1.44. The maximum Gasteiger partial charge on any atom is 0.224 e. The molecule has 0 saturated carbocycles. The van der Waals surface area contributed by atoms with E-state index in [1.807, 2.05) is 25.8 Å². The summed E-state index contributed by atoms with van der Waals surface area (Å²) >= 11 is 0. The normalized spacial score (nSPS) is 11.8. The number of nitrogens with zero attached hydrogens (tertiary/aromatic N) is 3. The highest BCUT2D eigenvalue weighted by Gasteiger charge is 2.17. The first-order valence-corrected chi connectivity index (χ1v) is 5.72. The van der Waals surface area contributed by atoms with Gasteiger partial charge in [-0.05, 0) is 6.92 Å². The van der Waals surface area contributed by atoms with E-state index in [9.17, 15) is 4.79 Å². The average Bonchev–Trinajstić information content (AvgIpc) is 2.37. The van der Waals surface area contributed by atoms with E-state index in [0.29, 0.717) is 12.4 Å². The van der Waals surface area contributed by atoms with Crippen molar-refractivity contribution in [3.63, 3.8) is 0 Å². The average molecular weight is 252 g/mol. The second-order valence-corrected chi connectivity index (χ2v) is 4.21. The van der Waals surface area contributed by atoms with Crippen molar-refractivity contribution in [3.05, 3.63) is 11.9 Å². The lowest BCUT2D eigenvalue weighted by Crippen LogP contribution is -2.35. The molecule has 18 heavy (non-hydrogen) atoms. The molecule has 0 aliphatic rings. The van der Waals surface area contributed by atoms with Crippen LogP contribution in [0.4, 0.5) is 11.6 Å². The van der Waals surface area contributed by atoms with Crippen molar-refractivity contribution in [1.82, 2.24) is 15.3 Å². The monoisotopic (exact) mass is 252 g/mol. The Morgan fingerprint density at radius 2 is 2.22 bits per heavy atom. The molecule has 0 fully saturated rings. The van der Waals surface area contributed by atoms with Gasteiger partial charge in [0.2, 0.25) is 5.91 Å². The standard InChI is InChI=1S/C11H20N6O/c1-7(11(18)13-3)5-17(4)10-8(2)9(16-12)14-6-15-10/h6-7H,5,12H2,1-4H3,(H,13,18)(H,14,15,16). The number of amides is 1. The quantitative estimate of drug-likeness (QED) is 0.500. The number of nitrogen functional groups attached to an aromatic ring is 1. The zero-order valence-electron chi connectivity index (χ0n) is 11.2. The van der Waals surface area contributed by atoms with Crippen molar-refractivity contribution >= 4 is 17.5 Å². The van der Waals surface area contributed by atoms with Crippen molar-refractivity contribution in [2.45, 2.75) is 13.8 Å². The van der Waals surface area contributed by atoms with Crippen molar-refractivity contribution < 1.29 is 4.79 Å². The molecule has 1 amide bonds. The molecule has 1 aromatic heterocycles. The highest BCUT2D eigenvalue weighted by Crippen LogP contribution is 2.20. The molecular weight excluding hydrogens is 232 g/mol. The number of nitrogens with two attached hydrogens (primary N) is 1. The van der Waals surface area contributed by atoms with Gasteiger partial charge in [-0.1, -0.05) is 6.92 Å². The first-order chi connectivity index (χ1) is 8.51. The third-order valence-corrected chi connectivity index (χ3v) is 2.80. The Labute approximate surface area is 107 Å². The SMILES string of the molecule is CNC(=O)C(C)CN(C)c1ncnc(NN)c1C. The van der Waals surface area contributed by atoms with Crippen LogP contribution in [0.25, 0.3) is 0 Å². The predicted molar refractivity (Wildman–Crippen MR) is 71.1 cm³/mol. The molecule has 100 valence electrons. The summed E-state index contributed by atoms with van der Waals surface area (Å²) < 4.78 is 0. The number of carbonyl (C=O) groups excluding carboxylic acids is 1. The summed E-state index contributed by atoms with van der Waals surface area (Å²) in [5.74, 6) is 6.59. The summed E-state index contributed by atoms with van der Waals surface area (Å²) in [7, 11) is 3.51. The van der Waals surface area contributed by atoms with Gasteiger partial charge in [0, 0.05) is 26.2 Å². The highest BCUT2D eigenvalue weighted by molar-refractivity contribution is 5.78. The van der Waals surface area contributed by atoms with Gasteiger partial charge in [-0.2, -0.15) is 0 Å². The van der Waals surface area contributed by atoms with Crippen LogP contribution in [-0.2, 0) is 4.79 Å². The minimum Gasteiger partial charge on any atom is -0.359 e. The Morgan fingerprint density at radius 3 is 2.78 bits per heavy atom. The molecule has 4 N–H and O–H groups in total. The Hall–Kier alpha value is -1.89. The van der Waals surface area contributed by atoms with E-state index >= 15 is 0 Å². The topological polar surface area (TPSA) is 96.2 Å². The van der Waals surface area contributed by atoms with Crippen LogP contribution in [0.5, 0.6) is 0 Å². The molecule has 1 atom stereocenters. The van der Waals surface area contributed by atoms with Gasteiger partial charge in [0.05, 0.1) is 5.92 Å². The van der Waals surface area contributed by atoms with E-state index in [-0.39, 0.29) is 11.8 Å². The fraction of sp³-hybridized carbons (Fsp3) is 0.545. The summed E-state index contributed by atoms with van der Waals surface area (Å²) in [6, 6.07) is 0. The van der Waals surface area contributed by atoms with Crippen molar-refractivity contribution in [2.75, 3.05) is 31.0 Å². The number of anilines is 2. The molecule has 0 aliphatic carbocycles. The van der Waals surface area contributed by atoms with Gasteiger partial charge in [-0.25, -0.2) is 15.8 Å². The second kappa shape index (κ2) is 6.15. The van der Waals surface area contributed by atoms with Crippen molar-refractivity contribution in [3.8, 4) is 0 Å². The molecule has 1 heterocycles. The van der Waals surface area contributed by atoms with Crippen LogP contribution in [0.3, 0.4) is 0 Å². The van der Waals surface area contributed by atoms with Crippen LogP contribution in [-0.4, -0.2) is 36.5 Å². The molecule has 7 heteroatoms. The third kappa shape index (κ3) is 3.07. The number of aromatic nitrogens is 2. The van der Waals surface area contributed by atoms with E-state index in [2.05, 4.69) is 20.7 Å². The number of hydrogen-bond donors (Lipinski definition) is 3. The maximum atomic E-state index is 11.5. The van der Waals surface area contributed by atoms with Crippen molar-refractivity contribution in [1.29, 1.82) is 0 Å². The molecule has 0 radical (unpaired) electrons. The van der Waals surface area contributed by atoms with Gasteiger partial charge in [-0.3, -0.25) is 4.79 Å². The van der Waals surface area contributed by atoms with E-state index < -0.39 is 0 Å². The fourth-order valence-corrected chi connectivity index (χ4v) is 1.80.